The van der Waals surface area contributed by atoms with E-state index in [9.17, 15) is 0 Å². The van der Waals surface area contributed by atoms with Crippen LogP contribution >= 0.6 is 0 Å². The smallest absolute Gasteiger partial charge is 0.0397 e. The van der Waals surface area contributed by atoms with Gasteiger partial charge in [0.15, 0.2) is 0 Å². The Balaban J connectivity index is 2.11. The molecule has 2 rings (SSSR count). The molecule has 0 heterocycles. The highest BCUT2D eigenvalue weighted by atomic mass is 15.1. The van der Waals surface area contributed by atoms with E-state index in [0.717, 1.165) is 18.2 Å². The third kappa shape index (κ3) is 2.31. The average molecular weight is 218 g/mol. The maximum atomic E-state index is 5.79. The van der Waals surface area contributed by atoms with Gasteiger partial charge in [-0.3, -0.25) is 0 Å². The van der Waals surface area contributed by atoms with E-state index >= 15 is 0 Å². The fourth-order valence-electron chi connectivity index (χ4n) is 2.42. The van der Waals surface area contributed by atoms with E-state index in [1.807, 2.05) is 6.07 Å². The number of aryl methyl sites for hydroxylation is 1. The van der Waals surface area contributed by atoms with Crippen molar-refractivity contribution in [2.24, 2.45) is 5.92 Å². The molecular formula is C14H22N2. The van der Waals surface area contributed by atoms with Crippen LogP contribution in [0.2, 0.25) is 0 Å². The van der Waals surface area contributed by atoms with E-state index in [1.54, 1.807) is 0 Å². The summed E-state index contributed by atoms with van der Waals surface area (Å²) in [6.07, 6.45) is 4.23. The zero-order valence-electron chi connectivity index (χ0n) is 10.4. The van der Waals surface area contributed by atoms with E-state index < -0.39 is 0 Å². The minimum absolute atomic E-state index is 0.862. The number of anilines is 2. The van der Waals surface area contributed by atoms with Crippen molar-refractivity contribution in [3.63, 3.8) is 0 Å². The van der Waals surface area contributed by atoms with Crippen LogP contribution < -0.4 is 10.6 Å². The van der Waals surface area contributed by atoms with E-state index in [1.165, 1.54) is 37.1 Å². The molecule has 2 nitrogen and oxygen atoms in total. The summed E-state index contributed by atoms with van der Waals surface area (Å²) in [6.45, 7) is 6.67. The first-order valence-electron chi connectivity index (χ1n) is 6.31. The van der Waals surface area contributed by atoms with Gasteiger partial charge in [0.25, 0.3) is 0 Å². The molecule has 1 aliphatic rings. The molecule has 2 heteroatoms. The lowest BCUT2D eigenvalue weighted by atomic mass is 9.85. The number of nitrogens with zero attached hydrogens (tertiary/aromatic N) is 1. The first kappa shape index (κ1) is 11.3. The van der Waals surface area contributed by atoms with Crippen molar-refractivity contribution in [1.29, 1.82) is 0 Å². The van der Waals surface area contributed by atoms with E-state index in [4.69, 9.17) is 5.73 Å². The van der Waals surface area contributed by atoms with Crippen molar-refractivity contribution in [3.8, 4) is 0 Å². The van der Waals surface area contributed by atoms with Gasteiger partial charge in [0, 0.05) is 24.5 Å². The lowest BCUT2D eigenvalue weighted by molar-refractivity contribution is 0.318. The lowest BCUT2D eigenvalue weighted by Crippen LogP contribution is -2.32. The van der Waals surface area contributed by atoms with Crippen molar-refractivity contribution >= 4 is 11.4 Å². The Kier molecular flexibility index (Phi) is 3.37. The monoisotopic (exact) mass is 218 g/mol. The normalized spacial score (nSPS) is 15.9. The standard InChI is InChI=1S/C14H22N2/c1-3-16(10-12-5-4-6-12)14-8-7-13(15)9-11(14)2/h7-9,12H,3-6,10,15H2,1-2H3. The highest BCUT2D eigenvalue weighted by Crippen LogP contribution is 2.30. The Bertz CT molecular complexity index is 356. The third-order valence-corrected chi connectivity index (χ3v) is 3.65. The van der Waals surface area contributed by atoms with Crippen LogP contribution in [0.3, 0.4) is 0 Å². The number of benzene rings is 1. The second-order valence-electron chi connectivity index (χ2n) is 4.88. The van der Waals surface area contributed by atoms with E-state index in [0.29, 0.717) is 0 Å². The molecule has 0 amide bonds. The highest BCUT2D eigenvalue weighted by molar-refractivity contribution is 5.59. The maximum absolute atomic E-state index is 5.79. The maximum Gasteiger partial charge on any atom is 0.0397 e. The van der Waals surface area contributed by atoms with Crippen molar-refractivity contribution in [3.05, 3.63) is 23.8 Å². The molecule has 88 valence electrons. The molecular weight excluding hydrogens is 196 g/mol. The molecule has 16 heavy (non-hydrogen) atoms. The largest absolute Gasteiger partial charge is 0.399 e. The van der Waals surface area contributed by atoms with Crippen LogP contribution in [-0.4, -0.2) is 13.1 Å². The molecule has 1 aromatic rings. The molecule has 0 spiro atoms. The van der Waals surface area contributed by atoms with Gasteiger partial charge in [-0.2, -0.15) is 0 Å². The van der Waals surface area contributed by atoms with Crippen LogP contribution in [0.25, 0.3) is 0 Å². The van der Waals surface area contributed by atoms with Crippen molar-refractivity contribution in [1.82, 2.24) is 0 Å². The molecule has 0 aliphatic heterocycles. The number of nitrogen functional groups attached to an aromatic ring is 1. The van der Waals surface area contributed by atoms with Gasteiger partial charge in [0.1, 0.15) is 0 Å². The van der Waals surface area contributed by atoms with Gasteiger partial charge in [0.05, 0.1) is 0 Å². The van der Waals surface area contributed by atoms with E-state index in [2.05, 4.69) is 30.9 Å². The predicted octanol–water partition coefficient (Wildman–Crippen LogP) is 3.20. The SMILES string of the molecule is CCN(CC1CCC1)c1ccc(N)cc1C. The summed E-state index contributed by atoms with van der Waals surface area (Å²) in [7, 11) is 0. The fourth-order valence-corrected chi connectivity index (χ4v) is 2.42. The molecule has 0 bridgehead atoms. The van der Waals surface area contributed by atoms with Crippen LogP contribution in [0.15, 0.2) is 18.2 Å². The van der Waals surface area contributed by atoms with Gasteiger partial charge in [-0.1, -0.05) is 6.42 Å². The number of nitrogens with two attached hydrogens (primary N) is 1. The molecule has 0 saturated heterocycles. The zero-order valence-corrected chi connectivity index (χ0v) is 10.4. The third-order valence-electron chi connectivity index (χ3n) is 3.65. The van der Waals surface area contributed by atoms with Crippen LogP contribution in [0, 0.1) is 12.8 Å². The molecule has 1 fully saturated rings. The average Bonchev–Trinajstić information content (AvgIpc) is 2.18. The second-order valence-corrected chi connectivity index (χ2v) is 4.88. The lowest BCUT2D eigenvalue weighted by Gasteiger charge is -2.34. The quantitative estimate of drug-likeness (QED) is 0.786. The van der Waals surface area contributed by atoms with Gasteiger partial charge >= 0.3 is 0 Å². The molecule has 1 aromatic carbocycles. The van der Waals surface area contributed by atoms with Crippen molar-refractivity contribution < 1.29 is 0 Å². The van der Waals surface area contributed by atoms with Gasteiger partial charge in [-0.15, -0.1) is 0 Å². The first-order chi connectivity index (χ1) is 7.70. The zero-order chi connectivity index (χ0) is 11.5. The molecule has 2 N–H and O–H groups in total. The Morgan fingerprint density at radius 2 is 2.12 bits per heavy atom. The Hall–Kier alpha value is -1.18. The summed E-state index contributed by atoms with van der Waals surface area (Å²) in [4.78, 5) is 2.48. The Morgan fingerprint density at radius 3 is 2.62 bits per heavy atom. The molecule has 0 atom stereocenters. The summed E-state index contributed by atoms with van der Waals surface area (Å²) in [5.41, 5.74) is 9.29. The van der Waals surface area contributed by atoms with Gasteiger partial charge in [-0.25, -0.2) is 0 Å². The summed E-state index contributed by atoms with van der Waals surface area (Å²) >= 11 is 0. The van der Waals surface area contributed by atoms with Crippen LogP contribution in [0.1, 0.15) is 31.7 Å². The molecule has 1 saturated carbocycles. The van der Waals surface area contributed by atoms with Gasteiger partial charge in [0.2, 0.25) is 0 Å². The van der Waals surface area contributed by atoms with Crippen LogP contribution in [0.5, 0.6) is 0 Å². The highest BCUT2D eigenvalue weighted by Gasteiger charge is 2.20. The minimum Gasteiger partial charge on any atom is -0.399 e. The molecule has 0 unspecified atom stereocenters. The summed E-state index contributed by atoms with van der Waals surface area (Å²) < 4.78 is 0. The van der Waals surface area contributed by atoms with Gasteiger partial charge < -0.3 is 10.6 Å². The predicted molar refractivity (Wildman–Crippen MR) is 70.8 cm³/mol. The summed E-state index contributed by atoms with van der Waals surface area (Å²) in [5, 5.41) is 0. The van der Waals surface area contributed by atoms with E-state index in [-0.39, 0.29) is 0 Å². The second kappa shape index (κ2) is 4.77. The topological polar surface area (TPSA) is 29.3 Å². The number of hydrogen-bond acceptors (Lipinski definition) is 2. The Morgan fingerprint density at radius 1 is 1.38 bits per heavy atom. The number of hydrogen-bond donors (Lipinski definition) is 1. The summed E-state index contributed by atoms with van der Waals surface area (Å²) in [5.74, 6) is 0.914. The van der Waals surface area contributed by atoms with Crippen molar-refractivity contribution in [2.75, 3.05) is 23.7 Å². The molecule has 1 aliphatic carbocycles. The number of rotatable bonds is 4. The van der Waals surface area contributed by atoms with Crippen LogP contribution in [0.4, 0.5) is 11.4 Å². The molecule has 0 aromatic heterocycles. The minimum atomic E-state index is 0.862. The van der Waals surface area contributed by atoms with Gasteiger partial charge in [-0.05, 0) is 56.4 Å². The van der Waals surface area contributed by atoms with Crippen LogP contribution in [-0.2, 0) is 0 Å². The fraction of sp³-hybridized carbons (Fsp3) is 0.571. The Labute approximate surface area is 98.4 Å². The van der Waals surface area contributed by atoms with Crippen molar-refractivity contribution in [2.45, 2.75) is 33.1 Å². The summed E-state index contributed by atoms with van der Waals surface area (Å²) in [6, 6.07) is 6.23. The molecule has 0 radical (unpaired) electrons. The first-order valence-corrected chi connectivity index (χ1v) is 6.31.